The van der Waals surface area contributed by atoms with Gasteiger partial charge in [-0.15, -0.1) is 0 Å². The van der Waals surface area contributed by atoms with Crippen LogP contribution in [0.1, 0.15) is 48.0 Å². The first-order chi connectivity index (χ1) is 19.2. The number of likely N-dealkylation sites (tertiary alicyclic amines) is 1. The molecule has 41 heavy (non-hydrogen) atoms. The van der Waals surface area contributed by atoms with Gasteiger partial charge < -0.3 is 20.6 Å². The third kappa shape index (κ3) is 7.08. The van der Waals surface area contributed by atoms with Gasteiger partial charge in [-0.1, -0.05) is 34.8 Å². The molecule has 0 aromatic heterocycles. The minimum atomic E-state index is -4.93. The Kier molecular flexibility index (Phi) is 10.1. The number of benzene rings is 2. The summed E-state index contributed by atoms with van der Waals surface area (Å²) < 4.78 is 42.8. The van der Waals surface area contributed by atoms with Crippen LogP contribution in [0.2, 0.25) is 15.1 Å². The minimum absolute atomic E-state index is 0.0167. The van der Waals surface area contributed by atoms with E-state index in [1.54, 1.807) is 20.2 Å². The molecule has 2 fully saturated rings. The molecule has 2 aromatic carbocycles. The van der Waals surface area contributed by atoms with Crippen molar-refractivity contribution in [3.8, 4) is 0 Å². The Balaban J connectivity index is 1.31. The minimum Gasteiger partial charge on any atom is -0.376 e. The highest BCUT2D eigenvalue weighted by Crippen LogP contribution is 2.43. The number of carbonyl (C=O) groups is 1. The van der Waals surface area contributed by atoms with E-state index in [2.05, 4.69) is 4.90 Å². The summed E-state index contributed by atoms with van der Waals surface area (Å²) in [6.45, 7) is 2.35. The molecule has 6 nitrogen and oxygen atoms in total. The summed E-state index contributed by atoms with van der Waals surface area (Å²) in [6, 6.07) is 9.08. The number of hydrogen-bond acceptors (Lipinski definition) is 5. The number of amides is 1. The second kappa shape index (κ2) is 12.9. The van der Waals surface area contributed by atoms with Crippen molar-refractivity contribution >= 4 is 46.4 Å². The molecule has 0 spiro atoms. The predicted octanol–water partition coefficient (Wildman–Crippen LogP) is 6.40. The van der Waals surface area contributed by atoms with E-state index in [-0.39, 0.29) is 21.5 Å². The summed E-state index contributed by atoms with van der Waals surface area (Å²) in [6.07, 6.45) is -2.57. The summed E-state index contributed by atoms with van der Waals surface area (Å²) in [4.78, 5) is 17.4. The SMILES string of the molecule is CN(C)C(=O)c1ccc(N2CCC(CC3CCN(C(O)C(N)(c4cc(Cl)cc(Cl)c4)C(F)(F)F)CC3)CC2)cc1Cl. The fraction of sp³-hybridized carbons (Fsp3) is 0.552. The lowest BCUT2D eigenvalue weighted by Gasteiger charge is -2.45. The van der Waals surface area contributed by atoms with Crippen molar-refractivity contribution in [1.82, 2.24) is 9.80 Å². The van der Waals surface area contributed by atoms with Crippen LogP contribution in [0, 0.1) is 11.8 Å². The Morgan fingerprint density at radius 2 is 1.51 bits per heavy atom. The number of rotatable bonds is 7. The van der Waals surface area contributed by atoms with Gasteiger partial charge in [0.1, 0.15) is 6.23 Å². The molecule has 226 valence electrons. The maximum atomic E-state index is 14.3. The van der Waals surface area contributed by atoms with Gasteiger partial charge >= 0.3 is 6.18 Å². The van der Waals surface area contributed by atoms with E-state index < -0.39 is 17.9 Å². The number of nitrogens with two attached hydrogens (primary N) is 1. The average Bonchev–Trinajstić information content (AvgIpc) is 2.91. The topological polar surface area (TPSA) is 73.0 Å². The first-order valence-corrected chi connectivity index (χ1v) is 14.8. The number of nitrogens with zero attached hydrogens (tertiary/aromatic N) is 3. The third-order valence-electron chi connectivity index (χ3n) is 8.45. The highest BCUT2D eigenvalue weighted by atomic mass is 35.5. The van der Waals surface area contributed by atoms with Crippen molar-refractivity contribution in [3.05, 3.63) is 62.6 Å². The van der Waals surface area contributed by atoms with Crippen LogP contribution >= 0.6 is 34.8 Å². The van der Waals surface area contributed by atoms with Crippen LogP contribution in [0.5, 0.6) is 0 Å². The quantitative estimate of drug-likeness (QED) is 0.368. The smallest absolute Gasteiger partial charge is 0.376 e. The molecule has 3 N–H and O–H groups in total. The van der Waals surface area contributed by atoms with Gasteiger partial charge in [-0.3, -0.25) is 9.69 Å². The van der Waals surface area contributed by atoms with Crippen LogP contribution < -0.4 is 10.6 Å². The fourth-order valence-electron chi connectivity index (χ4n) is 5.99. The molecule has 2 saturated heterocycles. The largest absolute Gasteiger partial charge is 0.414 e. The predicted molar refractivity (Wildman–Crippen MR) is 158 cm³/mol. The van der Waals surface area contributed by atoms with Crippen LogP contribution in [0.3, 0.4) is 0 Å². The first-order valence-electron chi connectivity index (χ1n) is 13.7. The summed E-state index contributed by atoms with van der Waals surface area (Å²) in [7, 11) is 3.38. The number of hydrogen-bond donors (Lipinski definition) is 2. The van der Waals surface area contributed by atoms with Crippen molar-refractivity contribution in [3.63, 3.8) is 0 Å². The highest BCUT2D eigenvalue weighted by molar-refractivity contribution is 6.35. The zero-order valence-electron chi connectivity index (χ0n) is 23.1. The van der Waals surface area contributed by atoms with E-state index in [9.17, 15) is 23.1 Å². The molecule has 1 amide bonds. The lowest BCUT2D eigenvalue weighted by molar-refractivity contribution is -0.242. The van der Waals surface area contributed by atoms with Crippen molar-refractivity contribution < 1.29 is 23.1 Å². The Hall–Kier alpha value is -1.75. The van der Waals surface area contributed by atoms with E-state index in [4.69, 9.17) is 40.5 Å². The van der Waals surface area contributed by atoms with Gasteiger partial charge in [0.25, 0.3) is 5.91 Å². The summed E-state index contributed by atoms with van der Waals surface area (Å²) >= 11 is 18.3. The normalized spacial score (nSPS) is 20.1. The van der Waals surface area contributed by atoms with Gasteiger partial charge in [0, 0.05) is 56.0 Å². The van der Waals surface area contributed by atoms with Gasteiger partial charge in [0.15, 0.2) is 5.54 Å². The molecule has 2 heterocycles. The summed E-state index contributed by atoms with van der Waals surface area (Å²) in [5, 5.41) is 11.4. The van der Waals surface area contributed by atoms with Crippen molar-refractivity contribution in [2.75, 3.05) is 45.2 Å². The molecular weight excluding hydrogens is 600 g/mol. The van der Waals surface area contributed by atoms with Gasteiger partial charge in [-0.05, 0) is 85.9 Å². The van der Waals surface area contributed by atoms with Crippen molar-refractivity contribution in [1.29, 1.82) is 0 Å². The number of halogens is 6. The van der Waals surface area contributed by atoms with E-state index in [0.29, 0.717) is 48.4 Å². The summed E-state index contributed by atoms with van der Waals surface area (Å²) in [5.41, 5.74) is 3.99. The molecule has 0 aliphatic carbocycles. The Morgan fingerprint density at radius 1 is 0.976 bits per heavy atom. The maximum absolute atomic E-state index is 14.3. The van der Waals surface area contributed by atoms with Crippen LogP contribution in [0.25, 0.3) is 0 Å². The average molecular weight is 636 g/mol. The maximum Gasteiger partial charge on any atom is 0.414 e. The second-order valence-corrected chi connectivity index (χ2v) is 12.7. The van der Waals surface area contributed by atoms with Gasteiger partial charge in [0.05, 0.1) is 10.6 Å². The molecule has 2 atom stereocenters. The van der Waals surface area contributed by atoms with Crippen LogP contribution in [-0.2, 0) is 5.54 Å². The number of carbonyl (C=O) groups excluding carboxylic acids is 1. The number of piperidine rings is 2. The molecule has 0 radical (unpaired) electrons. The van der Waals surface area contributed by atoms with Gasteiger partial charge in [-0.2, -0.15) is 13.2 Å². The van der Waals surface area contributed by atoms with Crippen LogP contribution in [0.4, 0.5) is 18.9 Å². The first kappa shape index (κ1) is 32.2. The molecule has 12 heteroatoms. The Labute approximate surface area is 254 Å². The Morgan fingerprint density at radius 3 is 2.00 bits per heavy atom. The molecular formula is C29H36Cl3F3N4O2. The molecule has 2 aromatic rings. The Bertz CT molecular complexity index is 1210. The zero-order valence-corrected chi connectivity index (χ0v) is 25.4. The molecule has 2 aliphatic rings. The van der Waals surface area contributed by atoms with Crippen molar-refractivity contribution in [2.24, 2.45) is 17.6 Å². The number of anilines is 1. The molecule has 0 bridgehead atoms. The highest BCUT2D eigenvalue weighted by Gasteiger charge is 2.59. The third-order valence-corrected chi connectivity index (χ3v) is 9.20. The van der Waals surface area contributed by atoms with Gasteiger partial charge in [-0.25, -0.2) is 0 Å². The number of aliphatic hydroxyl groups is 1. The van der Waals surface area contributed by atoms with E-state index in [0.717, 1.165) is 50.2 Å². The lowest BCUT2D eigenvalue weighted by Crippen LogP contribution is -2.65. The van der Waals surface area contributed by atoms with Crippen LogP contribution in [-0.4, -0.2) is 73.5 Å². The second-order valence-electron chi connectivity index (χ2n) is 11.4. The summed E-state index contributed by atoms with van der Waals surface area (Å²) in [5.74, 6) is 0.734. The lowest BCUT2D eigenvalue weighted by atomic mass is 9.81. The number of alkyl halides is 3. The zero-order chi connectivity index (χ0) is 30.1. The van der Waals surface area contributed by atoms with Crippen molar-refractivity contribution in [2.45, 2.75) is 50.0 Å². The standard InChI is InChI=1S/C29H36Cl3F3N4O2/c1-37(2)26(40)24-4-3-23(17-25(24)32)38-9-5-18(6-10-38)13-19-7-11-39(12-8-19)27(41)28(36,29(33,34)35)20-14-21(30)16-22(31)15-20/h3-4,14-19,27,41H,5-13,36H2,1-2H3. The van der Waals surface area contributed by atoms with Crippen LogP contribution in [0.15, 0.2) is 36.4 Å². The molecule has 2 unspecified atom stereocenters. The van der Waals surface area contributed by atoms with E-state index >= 15 is 0 Å². The molecule has 0 saturated carbocycles. The number of aliphatic hydroxyl groups excluding tert-OH is 1. The van der Waals surface area contributed by atoms with E-state index in [1.807, 2.05) is 12.1 Å². The molecule has 2 aliphatic heterocycles. The van der Waals surface area contributed by atoms with E-state index in [1.165, 1.54) is 15.9 Å². The fourth-order valence-corrected chi connectivity index (χ4v) is 6.77. The monoisotopic (exact) mass is 634 g/mol. The molecule has 4 rings (SSSR count). The van der Waals surface area contributed by atoms with Gasteiger partial charge in [0.2, 0.25) is 0 Å².